The molecule has 0 radical (unpaired) electrons. The molecule has 0 heterocycles. The van der Waals surface area contributed by atoms with E-state index in [4.69, 9.17) is 22.9 Å². The molecule has 0 spiro atoms. The van der Waals surface area contributed by atoms with Crippen LogP contribution >= 0.6 is 8.25 Å². The summed E-state index contributed by atoms with van der Waals surface area (Å²) in [7, 11) is -3.30. The van der Waals surface area contributed by atoms with Crippen LogP contribution in [0.5, 0.6) is 0 Å². The lowest BCUT2D eigenvalue weighted by molar-refractivity contribution is -0.139. The quantitative estimate of drug-likeness (QED) is 0.267. The van der Waals surface area contributed by atoms with Crippen molar-refractivity contribution in [1.29, 1.82) is 0 Å². The van der Waals surface area contributed by atoms with Gasteiger partial charge in [-0.05, 0) is 38.8 Å². The third-order valence-electron chi connectivity index (χ3n) is 2.91. The van der Waals surface area contributed by atoms with Crippen LogP contribution in [0.25, 0.3) is 0 Å². The van der Waals surface area contributed by atoms with Crippen molar-refractivity contribution in [2.45, 2.75) is 50.6 Å². The SMILES string of the molecule is NCCCC[C@H](N)C(=O)O[PH](=O)OC(=O)[C@@H](N)CCCCN. The normalized spacial score (nSPS) is 13.7. The van der Waals surface area contributed by atoms with E-state index in [2.05, 4.69) is 9.05 Å². The summed E-state index contributed by atoms with van der Waals surface area (Å²) in [5.74, 6) is -1.74. The maximum atomic E-state index is 11.5. The fraction of sp³-hybridized carbons (Fsp3) is 0.833. The fourth-order valence-corrected chi connectivity index (χ4v) is 2.26. The van der Waals surface area contributed by atoms with Crippen molar-refractivity contribution < 1.29 is 23.2 Å². The zero-order chi connectivity index (χ0) is 17.0. The summed E-state index contributed by atoms with van der Waals surface area (Å²) >= 11 is 0. The summed E-state index contributed by atoms with van der Waals surface area (Å²) in [6.07, 6.45) is 3.47. The molecule has 0 rings (SSSR count). The largest absolute Gasteiger partial charge is 0.423 e. The van der Waals surface area contributed by atoms with E-state index in [9.17, 15) is 14.2 Å². The van der Waals surface area contributed by atoms with Crippen LogP contribution in [-0.4, -0.2) is 37.1 Å². The Morgan fingerprint density at radius 2 is 1.18 bits per heavy atom. The Balaban J connectivity index is 4.05. The third kappa shape index (κ3) is 9.86. The lowest BCUT2D eigenvalue weighted by Gasteiger charge is -2.13. The van der Waals surface area contributed by atoms with Gasteiger partial charge in [-0.25, -0.2) is 4.57 Å². The molecule has 0 saturated carbocycles. The molecule has 0 unspecified atom stereocenters. The fourth-order valence-electron chi connectivity index (χ4n) is 1.59. The van der Waals surface area contributed by atoms with Gasteiger partial charge in [0.15, 0.2) is 0 Å². The van der Waals surface area contributed by atoms with Gasteiger partial charge in [0.25, 0.3) is 0 Å². The van der Waals surface area contributed by atoms with E-state index in [1.165, 1.54) is 0 Å². The summed E-state index contributed by atoms with van der Waals surface area (Å²) in [6, 6.07) is -1.84. The number of carbonyl (C=O) groups is 2. The van der Waals surface area contributed by atoms with Crippen molar-refractivity contribution in [3.63, 3.8) is 0 Å². The summed E-state index contributed by atoms with van der Waals surface area (Å²) in [4.78, 5) is 23.0. The van der Waals surface area contributed by atoms with Crippen LogP contribution in [0.15, 0.2) is 0 Å². The first-order valence-electron chi connectivity index (χ1n) is 7.31. The molecule has 0 aromatic heterocycles. The summed E-state index contributed by atoms with van der Waals surface area (Å²) in [6.45, 7) is 0.996. The monoisotopic (exact) mass is 338 g/mol. The van der Waals surface area contributed by atoms with Crippen LogP contribution in [0, 0.1) is 0 Å². The second kappa shape index (κ2) is 12.5. The summed E-state index contributed by atoms with van der Waals surface area (Å²) < 4.78 is 20.5. The zero-order valence-electron chi connectivity index (χ0n) is 12.7. The van der Waals surface area contributed by atoms with E-state index in [-0.39, 0.29) is 0 Å². The molecule has 0 bridgehead atoms. The first-order valence-corrected chi connectivity index (χ1v) is 8.53. The molecule has 0 amide bonds. The van der Waals surface area contributed by atoms with Crippen molar-refractivity contribution in [3.8, 4) is 0 Å². The number of unbranched alkanes of at least 4 members (excludes halogenated alkanes) is 2. The molecule has 0 aliphatic heterocycles. The first kappa shape index (κ1) is 21.0. The van der Waals surface area contributed by atoms with Crippen LogP contribution in [0.1, 0.15) is 38.5 Å². The predicted molar refractivity (Wildman–Crippen MR) is 82.9 cm³/mol. The third-order valence-corrected chi connectivity index (χ3v) is 3.65. The van der Waals surface area contributed by atoms with E-state index in [0.717, 1.165) is 12.8 Å². The molecule has 9 nitrogen and oxygen atoms in total. The molecule has 0 fully saturated rings. The molecule has 0 aromatic carbocycles. The van der Waals surface area contributed by atoms with Gasteiger partial charge in [-0.1, -0.05) is 12.8 Å². The van der Waals surface area contributed by atoms with Gasteiger partial charge in [-0.3, -0.25) is 9.59 Å². The van der Waals surface area contributed by atoms with Gasteiger partial charge in [-0.15, -0.1) is 0 Å². The molecule has 22 heavy (non-hydrogen) atoms. The number of rotatable bonds is 12. The second-order valence-electron chi connectivity index (χ2n) is 4.87. The average molecular weight is 338 g/mol. The van der Waals surface area contributed by atoms with Gasteiger partial charge in [0.2, 0.25) is 0 Å². The Kier molecular flexibility index (Phi) is 12.0. The van der Waals surface area contributed by atoms with Crippen LogP contribution in [-0.2, 0) is 23.2 Å². The van der Waals surface area contributed by atoms with Crippen LogP contribution in [0.3, 0.4) is 0 Å². The number of carbonyl (C=O) groups excluding carboxylic acids is 2. The predicted octanol–water partition coefficient (Wildman–Crippen LogP) is -0.625. The highest BCUT2D eigenvalue weighted by molar-refractivity contribution is 7.34. The Hall–Kier alpha value is -0.990. The maximum Gasteiger partial charge on any atom is 0.423 e. The minimum atomic E-state index is -3.30. The van der Waals surface area contributed by atoms with Crippen molar-refractivity contribution >= 4 is 20.2 Å². The van der Waals surface area contributed by atoms with Crippen LogP contribution in [0.2, 0.25) is 0 Å². The van der Waals surface area contributed by atoms with Crippen molar-refractivity contribution in [1.82, 2.24) is 0 Å². The van der Waals surface area contributed by atoms with Gasteiger partial charge in [0, 0.05) is 0 Å². The Labute approximate surface area is 131 Å². The van der Waals surface area contributed by atoms with E-state index >= 15 is 0 Å². The zero-order valence-corrected chi connectivity index (χ0v) is 13.7. The molecule has 130 valence electrons. The number of nitrogens with two attached hydrogens (primary N) is 4. The molecule has 8 N–H and O–H groups in total. The smallest absolute Gasteiger partial charge is 0.384 e. The Bertz CT molecular complexity index is 337. The van der Waals surface area contributed by atoms with Gasteiger partial charge in [0.05, 0.1) is 0 Å². The summed E-state index contributed by atoms with van der Waals surface area (Å²) in [5.41, 5.74) is 21.8. The first-order chi connectivity index (χ1) is 10.4. The van der Waals surface area contributed by atoms with E-state index < -0.39 is 32.3 Å². The van der Waals surface area contributed by atoms with Gasteiger partial charge in [-0.2, -0.15) is 0 Å². The number of hydrogen-bond acceptors (Lipinski definition) is 9. The highest BCUT2D eigenvalue weighted by atomic mass is 31.1. The van der Waals surface area contributed by atoms with Gasteiger partial charge in [0.1, 0.15) is 12.1 Å². The average Bonchev–Trinajstić information content (AvgIpc) is 2.47. The molecule has 0 saturated heterocycles. The maximum absolute atomic E-state index is 11.5. The Morgan fingerprint density at radius 1 is 0.818 bits per heavy atom. The Morgan fingerprint density at radius 3 is 1.50 bits per heavy atom. The highest BCUT2D eigenvalue weighted by Crippen LogP contribution is 2.26. The molecule has 0 aliphatic rings. The van der Waals surface area contributed by atoms with E-state index in [1.807, 2.05) is 0 Å². The molecule has 0 aromatic rings. The van der Waals surface area contributed by atoms with Crippen molar-refractivity contribution in [2.75, 3.05) is 13.1 Å². The minimum Gasteiger partial charge on any atom is -0.384 e. The van der Waals surface area contributed by atoms with Gasteiger partial charge >= 0.3 is 20.2 Å². The van der Waals surface area contributed by atoms with Crippen molar-refractivity contribution in [3.05, 3.63) is 0 Å². The molecular formula is C12H27N4O5P. The topological polar surface area (TPSA) is 174 Å². The van der Waals surface area contributed by atoms with Gasteiger partial charge < -0.3 is 32.0 Å². The minimum absolute atomic E-state index is 0.359. The highest BCUT2D eigenvalue weighted by Gasteiger charge is 2.22. The standard InChI is InChI=1S/C12H27N4O5P/c13-7-3-1-5-9(15)11(17)20-22(19)21-12(18)10(16)6-2-4-8-14/h9-10,22H,1-8,13-16H2/t9-,10-/m0/s1. The second-order valence-corrected chi connectivity index (χ2v) is 5.78. The summed E-state index contributed by atoms with van der Waals surface area (Å²) in [5, 5.41) is 0. The molecule has 0 aliphatic carbocycles. The molecule has 2 atom stereocenters. The van der Waals surface area contributed by atoms with Crippen LogP contribution < -0.4 is 22.9 Å². The molecular weight excluding hydrogens is 311 g/mol. The number of hydrogen-bond donors (Lipinski definition) is 4. The van der Waals surface area contributed by atoms with E-state index in [0.29, 0.717) is 38.8 Å². The van der Waals surface area contributed by atoms with Crippen molar-refractivity contribution in [2.24, 2.45) is 22.9 Å². The lowest BCUT2D eigenvalue weighted by Crippen LogP contribution is -2.33. The van der Waals surface area contributed by atoms with E-state index in [1.54, 1.807) is 0 Å². The van der Waals surface area contributed by atoms with Crippen LogP contribution in [0.4, 0.5) is 0 Å². The lowest BCUT2D eigenvalue weighted by atomic mass is 10.1. The molecule has 10 heteroatoms.